The summed E-state index contributed by atoms with van der Waals surface area (Å²) in [6.07, 6.45) is -0.0110. The maximum atomic E-state index is 14.2. The molecule has 2 saturated heterocycles. The van der Waals surface area contributed by atoms with Crippen LogP contribution < -0.4 is 15.5 Å². The monoisotopic (exact) mass is 617 g/mol. The van der Waals surface area contributed by atoms with Crippen LogP contribution in [0.1, 0.15) is 46.5 Å². The quantitative estimate of drug-likeness (QED) is 0.397. The molecular weight excluding hydrogens is 587 g/mol. The molecule has 0 unspecified atom stereocenters. The first-order valence-corrected chi connectivity index (χ1v) is 15.9. The summed E-state index contributed by atoms with van der Waals surface area (Å²) in [5.41, 5.74) is 0.592. The van der Waals surface area contributed by atoms with E-state index in [0.29, 0.717) is 52.9 Å². The maximum absolute atomic E-state index is 14.2. The Morgan fingerprint density at radius 2 is 1.98 bits per heavy atom. The van der Waals surface area contributed by atoms with Gasteiger partial charge < -0.3 is 25.2 Å². The molecule has 6 heterocycles. The zero-order valence-corrected chi connectivity index (χ0v) is 24.5. The number of ether oxygens (including phenoxy) is 1. The zero-order chi connectivity index (χ0) is 29.0. The Labute approximate surface area is 249 Å². The molecule has 0 spiro atoms. The second-order valence-electron chi connectivity index (χ2n) is 11.1. The molecule has 0 radical (unpaired) electrons. The largest absolute Gasteiger partial charge is 0.420 e. The number of alkyl halides is 3. The highest BCUT2D eigenvalue weighted by Crippen LogP contribution is 2.46. The highest BCUT2D eigenvalue weighted by Gasteiger charge is 2.38. The Bertz CT molecular complexity index is 1510. The number of piperazine rings is 1. The number of fused-ring (bicyclic) bond motifs is 1. The molecule has 9 nitrogen and oxygen atoms in total. The number of hydrogen-bond acceptors (Lipinski definition) is 10. The van der Waals surface area contributed by atoms with E-state index in [2.05, 4.69) is 43.5 Å². The summed E-state index contributed by atoms with van der Waals surface area (Å²) in [5.74, 6) is 1.81. The fraction of sp³-hybridized carbons (Fsp3) is 0.500. The first-order chi connectivity index (χ1) is 20.2. The topological polar surface area (TPSA) is 95.5 Å². The minimum absolute atomic E-state index is 0.00540. The number of thioether (sulfide) groups is 1. The van der Waals surface area contributed by atoms with Crippen LogP contribution in [0.15, 0.2) is 29.4 Å². The summed E-state index contributed by atoms with van der Waals surface area (Å²) < 4.78 is 47.7. The Hall–Kier alpha value is -2.94. The molecule has 7 rings (SSSR count). The molecule has 3 fully saturated rings. The van der Waals surface area contributed by atoms with E-state index in [0.717, 1.165) is 61.4 Å². The number of nitrogens with one attached hydrogen (secondary N) is 2. The fourth-order valence-corrected chi connectivity index (χ4v) is 7.87. The Morgan fingerprint density at radius 1 is 1.14 bits per heavy atom. The van der Waals surface area contributed by atoms with Crippen molar-refractivity contribution in [1.82, 2.24) is 25.2 Å². The Morgan fingerprint density at radius 3 is 2.69 bits per heavy atom. The number of carbonyl (C=O) groups excluding carboxylic acids is 1. The number of aromatic nitrogens is 3. The van der Waals surface area contributed by atoms with Gasteiger partial charge in [-0.1, -0.05) is 0 Å². The van der Waals surface area contributed by atoms with E-state index in [-0.39, 0.29) is 28.5 Å². The first kappa shape index (κ1) is 27.9. The SMILES string of the molecule is C[C@@H]1CN(c2cc(C3CC3)c(Nc3ncc(C(F)(F)F)c(-c4cc5c(s4)C(=O)N(C4COC4)CCS5)n3)cn2)CCN1. The molecule has 1 atom stereocenters. The average Bonchev–Trinajstić information content (AvgIpc) is 3.71. The number of thiophene rings is 1. The van der Waals surface area contributed by atoms with E-state index in [1.807, 2.05) is 0 Å². The second kappa shape index (κ2) is 11.0. The predicted octanol–water partition coefficient (Wildman–Crippen LogP) is 4.98. The van der Waals surface area contributed by atoms with Gasteiger partial charge in [-0.15, -0.1) is 23.1 Å². The number of rotatable bonds is 6. The lowest BCUT2D eigenvalue weighted by Crippen LogP contribution is -2.52. The van der Waals surface area contributed by atoms with Crippen molar-refractivity contribution in [3.63, 3.8) is 0 Å². The lowest BCUT2D eigenvalue weighted by atomic mass is 10.1. The highest BCUT2D eigenvalue weighted by atomic mass is 32.2. The van der Waals surface area contributed by atoms with Gasteiger partial charge in [-0.3, -0.25) is 4.79 Å². The second-order valence-corrected chi connectivity index (χ2v) is 13.3. The molecule has 3 aliphatic heterocycles. The molecule has 0 aromatic carbocycles. The molecule has 0 bridgehead atoms. The summed E-state index contributed by atoms with van der Waals surface area (Å²) in [5, 5.41) is 6.60. The molecule has 4 aliphatic rings. The minimum Gasteiger partial charge on any atom is -0.377 e. The number of anilines is 3. The molecule has 3 aromatic heterocycles. The smallest absolute Gasteiger partial charge is 0.377 e. The van der Waals surface area contributed by atoms with Gasteiger partial charge in [0.05, 0.1) is 41.7 Å². The normalized spacial score (nSPS) is 21.6. The molecular formula is C28H30F3N7O2S2. The summed E-state index contributed by atoms with van der Waals surface area (Å²) in [6.45, 7) is 6.28. The fourth-order valence-electron chi connectivity index (χ4n) is 5.55. The van der Waals surface area contributed by atoms with Crippen LogP contribution in [-0.4, -0.2) is 83.0 Å². The third kappa shape index (κ3) is 5.45. The lowest BCUT2D eigenvalue weighted by molar-refractivity contribution is -0.137. The number of carbonyl (C=O) groups is 1. The van der Waals surface area contributed by atoms with E-state index < -0.39 is 11.7 Å². The minimum atomic E-state index is -4.66. The van der Waals surface area contributed by atoms with Crippen molar-refractivity contribution in [3.8, 4) is 10.6 Å². The molecule has 2 N–H and O–H groups in total. The van der Waals surface area contributed by atoms with Gasteiger partial charge in [0, 0.05) is 49.1 Å². The molecule has 1 saturated carbocycles. The van der Waals surface area contributed by atoms with Crippen LogP contribution >= 0.6 is 23.1 Å². The number of hydrogen-bond donors (Lipinski definition) is 2. The van der Waals surface area contributed by atoms with Crippen molar-refractivity contribution in [2.24, 2.45) is 0 Å². The van der Waals surface area contributed by atoms with E-state index in [4.69, 9.17) is 4.74 Å². The van der Waals surface area contributed by atoms with Crippen LogP contribution in [0.5, 0.6) is 0 Å². The van der Waals surface area contributed by atoms with Crippen molar-refractivity contribution in [3.05, 3.63) is 40.5 Å². The van der Waals surface area contributed by atoms with Crippen LogP contribution in [0, 0.1) is 0 Å². The standard InChI is InChI=1S/C28H30F3N7O2S2/c1-15-12-37(5-4-32-15)23-8-18(16-2-3-16)20(11-33-23)35-27-34-10-19(28(29,30)31)24(36-27)21-9-22-25(42-21)26(39)38(6-7-41-22)17-13-40-14-17/h8-11,15-17,32H,2-7,12-14H2,1H3,(H,34,35,36)/t15-/m1/s1. The van der Waals surface area contributed by atoms with Crippen LogP contribution in [0.25, 0.3) is 10.6 Å². The molecule has 1 amide bonds. The van der Waals surface area contributed by atoms with Gasteiger partial charge >= 0.3 is 6.18 Å². The van der Waals surface area contributed by atoms with Gasteiger partial charge in [0.2, 0.25) is 5.95 Å². The van der Waals surface area contributed by atoms with E-state index in [1.54, 1.807) is 17.2 Å². The average molecular weight is 618 g/mol. The van der Waals surface area contributed by atoms with Crippen molar-refractivity contribution in [2.45, 2.75) is 48.8 Å². The van der Waals surface area contributed by atoms with Gasteiger partial charge in [-0.05, 0) is 43.4 Å². The molecule has 3 aromatic rings. The Kier molecular flexibility index (Phi) is 7.27. The summed E-state index contributed by atoms with van der Waals surface area (Å²) in [7, 11) is 0. The summed E-state index contributed by atoms with van der Waals surface area (Å²) in [4.78, 5) is 31.9. The van der Waals surface area contributed by atoms with Crippen molar-refractivity contribution >= 4 is 46.5 Å². The van der Waals surface area contributed by atoms with Crippen molar-refractivity contribution in [1.29, 1.82) is 0 Å². The van der Waals surface area contributed by atoms with Gasteiger partial charge in [0.25, 0.3) is 5.91 Å². The van der Waals surface area contributed by atoms with Crippen LogP contribution in [0.2, 0.25) is 0 Å². The Balaban J connectivity index is 1.21. The molecule has 1 aliphatic carbocycles. The maximum Gasteiger partial charge on any atom is 0.420 e. The number of halogens is 3. The predicted molar refractivity (Wildman–Crippen MR) is 156 cm³/mol. The van der Waals surface area contributed by atoms with Crippen molar-refractivity contribution in [2.75, 3.05) is 55.4 Å². The molecule has 42 heavy (non-hydrogen) atoms. The van der Waals surface area contributed by atoms with Gasteiger partial charge in [-0.2, -0.15) is 13.2 Å². The van der Waals surface area contributed by atoms with E-state index >= 15 is 0 Å². The summed E-state index contributed by atoms with van der Waals surface area (Å²) >= 11 is 2.53. The zero-order valence-electron chi connectivity index (χ0n) is 22.9. The molecule has 14 heteroatoms. The highest BCUT2D eigenvalue weighted by molar-refractivity contribution is 7.99. The summed E-state index contributed by atoms with van der Waals surface area (Å²) in [6, 6.07) is 4.11. The van der Waals surface area contributed by atoms with Crippen LogP contribution in [0.3, 0.4) is 0 Å². The number of amides is 1. The van der Waals surface area contributed by atoms with Gasteiger partial charge in [0.1, 0.15) is 16.3 Å². The van der Waals surface area contributed by atoms with Gasteiger partial charge in [0.15, 0.2) is 0 Å². The van der Waals surface area contributed by atoms with Crippen LogP contribution in [0.4, 0.5) is 30.6 Å². The van der Waals surface area contributed by atoms with Crippen molar-refractivity contribution < 1.29 is 22.7 Å². The number of nitrogens with zero attached hydrogens (tertiary/aromatic N) is 5. The first-order valence-electron chi connectivity index (χ1n) is 14.1. The number of pyridine rings is 1. The van der Waals surface area contributed by atoms with Gasteiger partial charge in [-0.25, -0.2) is 15.0 Å². The third-order valence-electron chi connectivity index (χ3n) is 8.01. The lowest BCUT2D eigenvalue weighted by Gasteiger charge is -2.36. The van der Waals surface area contributed by atoms with E-state index in [9.17, 15) is 18.0 Å². The third-order valence-corrected chi connectivity index (χ3v) is 10.3. The van der Waals surface area contributed by atoms with Crippen LogP contribution in [-0.2, 0) is 10.9 Å². The molecule has 222 valence electrons. The van der Waals surface area contributed by atoms with E-state index in [1.165, 1.54) is 11.8 Å².